The summed E-state index contributed by atoms with van der Waals surface area (Å²) in [7, 11) is 3.47. The van der Waals surface area contributed by atoms with Crippen molar-refractivity contribution in [2.24, 2.45) is 0 Å². The molecule has 0 radical (unpaired) electrons. The topological polar surface area (TPSA) is 52.6 Å². The van der Waals surface area contributed by atoms with Gasteiger partial charge in [-0.2, -0.15) is 0 Å². The lowest BCUT2D eigenvalue weighted by Gasteiger charge is -2.10. The van der Waals surface area contributed by atoms with Crippen LogP contribution in [-0.4, -0.2) is 49.7 Å². The number of amides is 1. The summed E-state index contributed by atoms with van der Waals surface area (Å²) < 4.78 is 0. The van der Waals surface area contributed by atoms with Crippen LogP contribution >= 0.6 is 0 Å². The maximum absolute atomic E-state index is 11.0. The fraction of sp³-hybridized carbons (Fsp3) is 0.875. The van der Waals surface area contributed by atoms with Gasteiger partial charge in [-0.1, -0.05) is 0 Å². The number of nitrogens with zero attached hydrogens (tertiary/aromatic N) is 1. The van der Waals surface area contributed by atoms with Gasteiger partial charge >= 0.3 is 0 Å². The van der Waals surface area contributed by atoms with E-state index >= 15 is 0 Å². The van der Waals surface area contributed by atoms with E-state index in [0.717, 1.165) is 19.4 Å². The number of carbonyl (C=O) groups excluding carboxylic acids is 1. The van der Waals surface area contributed by atoms with Gasteiger partial charge in [0.15, 0.2) is 0 Å². The number of hydrogen-bond acceptors (Lipinski definition) is 3. The molecule has 4 nitrogen and oxygen atoms in total. The molecular formula is C8H18N2O2. The summed E-state index contributed by atoms with van der Waals surface area (Å²) >= 11 is 0. The summed E-state index contributed by atoms with van der Waals surface area (Å²) in [6, 6.07) is 0. The average molecular weight is 174 g/mol. The van der Waals surface area contributed by atoms with Crippen LogP contribution in [0.15, 0.2) is 0 Å². The molecular weight excluding hydrogens is 156 g/mol. The van der Waals surface area contributed by atoms with Gasteiger partial charge in [-0.15, -0.1) is 0 Å². The van der Waals surface area contributed by atoms with Gasteiger partial charge in [0.2, 0.25) is 5.91 Å². The predicted molar refractivity (Wildman–Crippen MR) is 47.9 cm³/mol. The largest absolute Gasteiger partial charge is 0.396 e. The van der Waals surface area contributed by atoms with Crippen molar-refractivity contribution in [3.63, 3.8) is 0 Å². The van der Waals surface area contributed by atoms with Crippen molar-refractivity contribution in [3.05, 3.63) is 0 Å². The van der Waals surface area contributed by atoms with E-state index in [9.17, 15) is 4.79 Å². The predicted octanol–water partition coefficient (Wildman–Crippen LogP) is -0.563. The Balaban J connectivity index is 3.14. The quantitative estimate of drug-likeness (QED) is 0.531. The van der Waals surface area contributed by atoms with Gasteiger partial charge in [0.1, 0.15) is 0 Å². The van der Waals surface area contributed by atoms with Crippen LogP contribution < -0.4 is 5.32 Å². The summed E-state index contributed by atoms with van der Waals surface area (Å²) in [4.78, 5) is 12.5. The summed E-state index contributed by atoms with van der Waals surface area (Å²) in [5.41, 5.74) is 0. The zero-order valence-electron chi connectivity index (χ0n) is 7.84. The normalized spacial score (nSPS) is 9.92. The molecule has 0 aliphatic rings. The van der Waals surface area contributed by atoms with Crippen LogP contribution in [0.5, 0.6) is 0 Å². The molecule has 0 rings (SSSR count). The second-order valence-electron chi connectivity index (χ2n) is 2.90. The highest BCUT2D eigenvalue weighted by Gasteiger charge is 2.00. The summed E-state index contributed by atoms with van der Waals surface area (Å²) in [6.45, 7) is 1.40. The van der Waals surface area contributed by atoms with Crippen LogP contribution in [0.4, 0.5) is 0 Å². The van der Waals surface area contributed by atoms with Crippen LogP contribution in [0, 0.1) is 0 Å². The molecule has 72 valence electrons. The summed E-state index contributed by atoms with van der Waals surface area (Å²) in [5, 5.41) is 11.5. The minimum absolute atomic E-state index is 0.0824. The second kappa shape index (κ2) is 7.06. The standard InChI is InChI=1S/C8H18N2O2/c1-10(2)8(12)7-9-5-3-4-6-11/h9,11H,3-7H2,1-2H3. The molecule has 0 aromatic rings. The van der Waals surface area contributed by atoms with Gasteiger partial charge in [0.25, 0.3) is 0 Å². The molecule has 0 aliphatic carbocycles. The smallest absolute Gasteiger partial charge is 0.236 e. The maximum atomic E-state index is 11.0. The fourth-order valence-electron chi connectivity index (χ4n) is 0.715. The first-order valence-electron chi connectivity index (χ1n) is 4.20. The Morgan fingerprint density at radius 1 is 1.42 bits per heavy atom. The van der Waals surface area contributed by atoms with Gasteiger partial charge in [0.05, 0.1) is 6.54 Å². The molecule has 0 aromatic carbocycles. The van der Waals surface area contributed by atoms with E-state index in [-0.39, 0.29) is 12.5 Å². The lowest BCUT2D eigenvalue weighted by atomic mass is 10.3. The Bertz CT molecular complexity index is 126. The number of aliphatic hydroxyl groups is 1. The molecule has 1 amide bonds. The third-order valence-electron chi connectivity index (χ3n) is 1.54. The number of aliphatic hydroxyl groups excluding tert-OH is 1. The van der Waals surface area contributed by atoms with Gasteiger partial charge in [-0.3, -0.25) is 4.79 Å². The highest BCUT2D eigenvalue weighted by Crippen LogP contribution is 1.83. The Morgan fingerprint density at radius 2 is 2.08 bits per heavy atom. The van der Waals surface area contributed by atoms with E-state index in [1.165, 1.54) is 0 Å². The maximum Gasteiger partial charge on any atom is 0.236 e. The number of nitrogens with one attached hydrogen (secondary N) is 1. The molecule has 0 spiro atoms. The zero-order valence-corrected chi connectivity index (χ0v) is 7.84. The van der Waals surface area contributed by atoms with Crippen molar-refractivity contribution < 1.29 is 9.90 Å². The van der Waals surface area contributed by atoms with Gasteiger partial charge in [0, 0.05) is 20.7 Å². The van der Waals surface area contributed by atoms with Crippen LogP contribution in [0.2, 0.25) is 0 Å². The number of carbonyl (C=O) groups is 1. The molecule has 0 aromatic heterocycles. The van der Waals surface area contributed by atoms with Crippen LogP contribution in [0.3, 0.4) is 0 Å². The number of likely N-dealkylation sites (N-methyl/N-ethyl adjacent to an activating group) is 1. The van der Waals surface area contributed by atoms with Gasteiger partial charge in [-0.05, 0) is 19.4 Å². The number of unbranched alkanes of at least 4 members (excludes halogenated alkanes) is 1. The average Bonchev–Trinajstić information content (AvgIpc) is 2.03. The number of rotatable bonds is 6. The molecule has 0 heterocycles. The Hall–Kier alpha value is -0.610. The molecule has 0 saturated carbocycles. The first kappa shape index (κ1) is 11.4. The Labute approximate surface area is 73.6 Å². The van der Waals surface area contributed by atoms with Crippen LogP contribution in [0.25, 0.3) is 0 Å². The SMILES string of the molecule is CN(C)C(=O)CNCCCCO. The molecule has 0 aliphatic heterocycles. The van der Waals surface area contributed by atoms with E-state index in [2.05, 4.69) is 5.32 Å². The van der Waals surface area contributed by atoms with Crippen molar-refractivity contribution in [1.29, 1.82) is 0 Å². The summed E-state index contributed by atoms with van der Waals surface area (Å²) in [5.74, 6) is 0.0824. The van der Waals surface area contributed by atoms with Crippen molar-refractivity contribution in [2.45, 2.75) is 12.8 Å². The van der Waals surface area contributed by atoms with E-state index in [1.54, 1.807) is 19.0 Å². The molecule has 0 unspecified atom stereocenters. The van der Waals surface area contributed by atoms with Crippen molar-refractivity contribution in [1.82, 2.24) is 10.2 Å². The van der Waals surface area contributed by atoms with Crippen molar-refractivity contribution in [3.8, 4) is 0 Å². The molecule has 0 fully saturated rings. The lowest BCUT2D eigenvalue weighted by Crippen LogP contribution is -2.33. The van der Waals surface area contributed by atoms with E-state index < -0.39 is 0 Å². The first-order valence-corrected chi connectivity index (χ1v) is 4.20. The molecule has 0 saturated heterocycles. The van der Waals surface area contributed by atoms with E-state index in [0.29, 0.717) is 6.54 Å². The minimum atomic E-state index is 0.0824. The molecule has 0 bridgehead atoms. The molecule has 12 heavy (non-hydrogen) atoms. The highest BCUT2D eigenvalue weighted by atomic mass is 16.2. The van der Waals surface area contributed by atoms with Crippen LogP contribution in [-0.2, 0) is 4.79 Å². The van der Waals surface area contributed by atoms with Crippen molar-refractivity contribution >= 4 is 5.91 Å². The van der Waals surface area contributed by atoms with Crippen molar-refractivity contribution in [2.75, 3.05) is 33.8 Å². The van der Waals surface area contributed by atoms with Crippen LogP contribution in [0.1, 0.15) is 12.8 Å². The molecule has 0 atom stereocenters. The minimum Gasteiger partial charge on any atom is -0.396 e. The number of hydrogen-bond donors (Lipinski definition) is 2. The molecule has 4 heteroatoms. The third-order valence-corrected chi connectivity index (χ3v) is 1.54. The zero-order chi connectivity index (χ0) is 9.40. The van der Waals surface area contributed by atoms with E-state index in [1.807, 2.05) is 0 Å². The lowest BCUT2D eigenvalue weighted by molar-refractivity contribution is -0.127. The van der Waals surface area contributed by atoms with Gasteiger partial charge in [-0.25, -0.2) is 0 Å². The first-order chi connectivity index (χ1) is 5.68. The molecule has 2 N–H and O–H groups in total. The van der Waals surface area contributed by atoms with Gasteiger partial charge < -0.3 is 15.3 Å². The fourth-order valence-corrected chi connectivity index (χ4v) is 0.715. The highest BCUT2D eigenvalue weighted by molar-refractivity contribution is 5.77. The third kappa shape index (κ3) is 6.12. The van der Waals surface area contributed by atoms with E-state index in [4.69, 9.17) is 5.11 Å². The Kier molecular flexibility index (Phi) is 6.70. The Morgan fingerprint density at radius 3 is 2.58 bits per heavy atom. The second-order valence-corrected chi connectivity index (χ2v) is 2.90. The monoisotopic (exact) mass is 174 g/mol. The summed E-state index contributed by atoms with van der Waals surface area (Å²) in [6.07, 6.45) is 1.71.